The molecule has 2 amide bonds. The van der Waals surface area contributed by atoms with Crippen LogP contribution in [0.2, 0.25) is 0 Å². The number of morpholine rings is 1. The minimum absolute atomic E-state index is 0.0628. The van der Waals surface area contributed by atoms with Crippen LogP contribution in [0.3, 0.4) is 0 Å². The summed E-state index contributed by atoms with van der Waals surface area (Å²) in [6.07, 6.45) is 0.681. The summed E-state index contributed by atoms with van der Waals surface area (Å²) in [4.78, 5) is 33.5. The van der Waals surface area contributed by atoms with Crippen molar-refractivity contribution in [2.24, 2.45) is 5.73 Å². The number of nitrogens with two attached hydrogens (primary N) is 1. The molecule has 0 spiro atoms. The maximum Gasteiger partial charge on any atom is 0.421 e. The SMILES string of the molecule is COc1cc(C(=O)N(C2CCCCC2)N2CCOCC2)ccc1Nc1ncc(C(F)(F)F)c(Nc2cccc(F)c2C(N)=O)n1. The number of halogens is 4. The van der Waals surface area contributed by atoms with Crippen LogP contribution in [0.25, 0.3) is 0 Å². The normalized spacial score (nSPS) is 16.2. The Hall–Kier alpha value is -4.50. The molecule has 1 aromatic heterocycles. The molecule has 3 aromatic rings. The smallest absolute Gasteiger partial charge is 0.421 e. The molecular weight excluding hydrogens is 598 g/mol. The Kier molecular flexibility index (Phi) is 9.68. The van der Waals surface area contributed by atoms with E-state index < -0.39 is 34.8 Å². The highest BCUT2D eigenvalue weighted by Crippen LogP contribution is 2.37. The van der Waals surface area contributed by atoms with Gasteiger partial charge in [0.1, 0.15) is 22.9 Å². The highest BCUT2D eigenvalue weighted by Gasteiger charge is 2.36. The first-order valence-electron chi connectivity index (χ1n) is 14.5. The van der Waals surface area contributed by atoms with Gasteiger partial charge in [-0.05, 0) is 43.2 Å². The number of ether oxygens (including phenoxy) is 2. The number of nitrogens with zero attached hydrogens (tertiary/aromatic N) is 4. The number of aromatic nitrogens is 2. The molecule has 1 saturated heterocycles. The van der Waals surface area contributed by atoms with Gasteiger partial charge in [-0.25, -0.2) is 14.4 Å². The number of nitrogens with one attached hydrogen (secondary N) is 2. The summed E-state index contributed by atoms with van der Waals surface area (Å²) in [6, 6.07) is 8.13. The number of hydrazine groups is 1. The summed E-state index contributed by atoms with van der Waals surface area (Å²) < 4.78 is 66.9. The van der Waals surface area contributed by atoms with E-state index in [1.807, 2.05) is 10.0 Å². The summed E-state index contributed by atoms with van der Waals surface area (Å²) in [7, 11) is 1.39. The second-order valence-electron chi connectivity index (χ2n) is 10.7. The first-order valence-corrected chi connectivity index (χ1v) is 14.5. The lowest BCUT2D eigenvalue weighted by Crippen LogP contribution is -2.56. The van der Waals surface area contributed by atoms with E-state index in [-0.39, 0.29) is 35.0 Å². The second kappa shape index (κ2) is 13.6. The minimum atomic E-state index is -4.88. The molecule has 2 heterocycles. The predicted octanol–water partition coefficient (Wildman–Crippen LogP) is 5.25. The number of primary amides is 1. The molecular formula is C30H33F4N7O4. The third-order valence-corrected chi connectivity index (χ3v) is 7.72. The summed E-state index contributed by atoms with van der Waals surface area (Å²) in [5, 5.41) is 9.08. The first kappa shape index (κ1) is 31.9. The zero-order chi connectivity index (χ0) is 32.1. The van der Waals surface area contributed by atoms with Crippen molar-refractivity contribution in [3.8, 4) is 5.75 Å². The molecule has 15 heteroatoms. The van der Waals surface area contributed by atoms with Crippen LogP contribution in [0.4, 0.5) is 40.7 Å². The maximum absolute atomic E-state index is 14.3. The highest BCUT2D eigenvalue weighted by atomic mass is 19.4. The average Bonchev–Trinajstić information content (AvgIpc) is 3.02. The van der Waals surface area contributed by atoms with Crippen LogP contribution in [-0.2, 0) is 10.9 Å². The van der Waals surface area contributed by atoms with Crippen LogP contribution in [0.5, 0.6) is 5.75 Å². The van der Waals surface area contributed by atoms with Crippen molar-refractivity contribution in [1.29, 1.82) is 0 Å². The molecule has 1 aliphatic heterocycles. The van der Waals surface area contributed by atoms with Crippen molar-refractivity contribution in [2.45, 2.75) is 44.3 Å². The van der Waals surface area contributed by atoms with Gasteiger partial charge in [-0.2, -0.15) is 18.2 Å². The van der Waals surface area contributed by atoms with Crippen molar-refractivity contribution in [3.63, 3.8) is 0 Å². The molecule has 0 unspecified atom stereocenters. The second-order valence-corrected chi connectivity index (χ2v) is 10.7. The summed E-state index contributed by atoms with van der Waals surface area (Å²) >= 11 is 0. The fraction of sp³-hybridized carbons (Fsp3) is 0.400. The van der Waals surface area contributed by atoms with Crippen LogP contribution in [-0.4, -0.2) is 71.3 Å². The van der Waals surface area contributed by atoms with Gasteiger partial charge in [-0.3, -0.25) is 14.6 Å². The molecule has 1 saturated carbocycles. The van der Waals surface area contributed by atoms with E-state index in [0.29, 0.717) is 38.1 Å². The fourth-order valence-corrected chi connectivity index (χ4v) is 5.55. The zero-order valence-electron chi connectivity index (χ0n) is 24.5. The van der Waals surface area contributed by atoms with Crippen molar-refractivity contribution in [2.75, 3.05) is 44.0 Å². The van der Waals surface area contributed by atoms with Crippen LogP contribution in [0.15, 0.2) is 42.6 Å². The third kappa shape index (κ3) is 7.26. The number of rotatable bonds is 9. The van der Waals surface area contributed by atoms with Crippen LogP contribution >= 0.6 is 0 Å². The molecule has 2 fully saturated rings. The van der Waals surface area contributed by atoms with Gasteiger partial charge in [-0.15, -0.1) is 0 Å². The molecule has 0 atom stereocenters. The lowest BCUT2D eigenvalue weighted by molar-refractivity contribution is -0.137. The Morgan fingerprint density at radius 1 is 1.07 bits per heavy atom. The Balaban J connectivity index is 1.44. The van der Waals surface area contributed by atoms with E-state index in [0.717, 1.165) is 38.2 Å². The molecule has 45 heavy (non-hydrogen) atoms. The lowest BCUT2D eigenvalue weighted by atomic mass is 9.94. The molecule has 1 aliphatic carbocycles. The molecule has 2 aliphatic rings. The number of carbonyl (C=O) groups is 2. The van der Waals surface area contributed by atoms with Crippen LogP contribution in [0, 0.1) is 5.82 Å². The summed E-state index contributed by atoms with van der Waals surface area (Å²) in [5.74, 6) is -3.16. The molecule has 240 valence electrons. The van der Waals surface area contributed by atoms with Gasteiger partial charge in [0.2, 0.25) is 5.95 Å². The van der Waals surface area contributed by atoms with Crippen LogP contribution in [0.1, 0.15) is 58.4 Å². The number of hydrogen-bond donors (Lipinski definition) is 3. The third-order valence-electron chi connectivity index (χ3n) is 7.72. The van der Waals surface area contributed by atoms with Crippen molar-refractivity contribution >= 4 is 35.0 Å². The van der Waals surface area contributed by atoms with Crippen molar-refractivity contribution < 1.29 is 36.6 Å². The standard InChI is InChI=1S/C30H33F4N7O4/c1-44-24-16-18(28(43)41(19-6-3-2-4-7-19)40-12-14-45-15-13-40)10-11-22(24)38-29-36-17-20(30(32,33)34)27(39-29)37-23-9-5-8-21(31)25(23)26(35)42/h5,8-11,16-17,19H,2-4,6-7,12-15H2,1H3,(H2,35,42)(H2,36,37,38,39). The molecule has 0 radical (unpaired) electrons. The Bertz CT molecular complexity index is 1530. The predicted molar refractivity (Wildman–Crippen MR) is 157 cm³/mol. The van der Waals surface area contributed by atoms with E-state index >= 15 is 0 Å². The lowest BCUT2D eigenvalue weighted by Gasteiger charge is -2.43. The maximum atomic E-state index is 14.3. The number of methoxy groups -OCH3 is 1. The van der Waals surface area contributed by atoms with Gasteiger partial charge in [0, 0.05) is 30.9 Å². The van der Waals surface area contributed by atoms with Gasteiger partial charge in [0.15, 0.2) is 0 Å². The summed E-state index contributed by atoms with van der Waals surface area (Å²) in [5.41, 5.74) is 3.72. The number of anilines is 4. The van der Waals surface area contributed by atoms with E-state index in [9.17, 15) is 27.2 Å². The number of alkyl halides is 3. The van der Waals surface area contributed by atoms with E-state index in [4.69, 9.17) is 15.2 Å². The van der Waals surface area contributed by atoms with E-state index in [2.05, 4.69) is 20.6 Å². The van der Waals surface area contributed by atoms with Crippen molar-refractivity contribution in [1.82, 2.24) is 20.0 Å². The number of amides is 2. The van der Waals surface area contributed by atoms with E-state index in [1.54, 1.807) is 18.2 Å². The van der Waals surface area contributed by atoms with E-state index in [1.165, 1.54) is 19.2 Å². The van der Waals surface area contributed by atoms with Gasteiger partial charge < -0.3 is 25.8 Å². The van der Waals surface area contributed by atoms with Crippen LogP contribution < -0.4 is 21.1 Å². The Morgan fingerprint density at radius 3 is 2.47 bits per heavy atom. The Labute approximate surface area is 256 Å². The molecule has 11 nitrogen and oxygen atoms in total. The van der Waals surface area contributed by atoms with Gasteiger partial charge in [0.25, 0.3) is 11.8 Å². The molecule has 5 rings (SSSR count). The first-order chi connectivity index (χ1) is 21.6. The Morgan fingerprint density at radius 2 is 1.80 bits per heavy atom. The van der Waals surface area contributed by atoms with Gasteiger partial charge in [0.05, 0.1) is 37.3 Å². The van der Waals surface area contributed by atoms with Gasteiger partial charge in [-0.1, -0.05) is 25.3 Å². The fourth-order valence-electron chi connectivity index (χ4n) is 5.55. The molecule has 0 bridgehead atoms. The molecule has 4 N–H and O–H groups in total. The molecule has 2 aromatic carbocycles. The summed E-state index contributed by atoms with van der Waals surface area (Å²) in [6.45, 7) is 2.24. The van der Waals surface area contributed by atoms with Gasteiger partial charge >= 0.3 is 6.18 Å². The number of hydrogen-bond acceptors (Lipinski definition) is 9. The van der Waals surface area contributed by atoms with Crippen molar-refractivity contribution in [3.05, 3.63) is 65.1 Å². The number of carbonyl (C=O) groups excluding carboxylic acids is 2. The average molecular weight is 632 g/mol. The minimum Gasteiger partial charge on any atom is -0.495 e. The zero-order valence-corrected chi connectivity index (χ0v) is 24.5. The monoisotopic (exact) mass is 631 g/mol. The largest absolute Gasteiger partial charge is 0.495 e. The highest BCUT2D eigenvalue weighted by molar-refractivity contribution is 5.99. The topological polar surface area (TPSA) is 135 Å². The number of benzene rings is 2. The quantitative estimate of drug-likeness (QED) is 0.271.